The van der Waals surface area contributed by atoms with Crippen LogP contribution in [0, 0.1) is 0 Å². The highest BCUT2D eigenvalue weighted by molar-refractivity contribution is 7.84. The second-order valence-corrected chi connectivity index (χ2v) is 8.62. The Morgan fingerprint density at radius 1 is 0.812 bits per heavy atom. The van der Waals surface area contributed by atoms with E-state index in [1.165, 1.54) is 0 Å². The summed E-state index contributed by atoms with van der Waals surface area (Å²) in [5.41, 5.74) is 1.27. The zero-order valence-electron chi connectivity index (χ0n) is 9.45. The van der Waals surface area contributed by atoms with Gasteiger partial charge in [0, 0.05) is 0 Å². The molecule has 0 nitrogen and oxygen atoms in total. The molecule has 2 heterocycles. The molecule has 1 heteroatoms. The van der Waals surface area contributed by atoms with E-state index in [1.807, 2.05) is 0 Å². The molecule has 2 aliphatic rings. The molecule has 2 atom stereocenters. The Morgan fingerprint density at radius 2 is 1.38 bits per heavy atom. The Balaban J connectivity index is 2.13. The van der Waals surface area contributed by atoms with E-state index in [2.05, 4.69) is 73.5 Å². The van der Waals surface area contributed by atoms with Crippen molar-refractivity contribution in [2.24, 2.45) is 0 Å². The van der Waals surface area contributed by atoms with E-state index in [4.69, 9.17) is 0 Å². The van der Waals surface area contributed by atoms with Gasteiger partial charge in [0.15, 0.2) is 0 Å². The fourth-order valence-electron chi connectivity index (χ4n) is 2.72. The number of rotatable bonds is 1. The number of allylic oxidation sites excluding steroid dienone is 6. The van der Waals surface area contributed by atoms with Crippen molar-refractivity contribution in [2.45, 2.75) is 11.3 Å². The lowest BCUT2D eigenvalue weighted by Gasteiger charge is -2.26. The normalized spacial score (nSPS) is 35.3. The first-order valence-electron chi connectivity index (χ1n) is 5.76. The number of benzene rings is 1. The van der Waals surface area contributed by atoms with E-state index in [-0.39, 0.29) is 0 Å². The maximum Gasteiger partial charge on any atom is 0.111 e. The Morgan fingerprint density at radius 3 is 1.94 bits per heavy atom. The van der Waals surface area contributed by atoms with Gasteiger partial charge in [0.1, 0.15) is 11.3 Å². The van der Waals surface area contributed by atoms with Crippen LogP contribution < -0.4 is 5.30 Å². The van der Waals surface area contributed by atoms with E-state index in [0.29, 0.717) is 11.3 Å². The summed E-state index contributed by atoms with van der Waals surface area (Å²) in [4.78, 5) is 0. The highest BCUT2D eigenvalue weighted by Gasteiger charge is 2.50. The molecule has 0 N–H and O–H groups in total. The van der Waals surface area contributed by atoms with Gasteiger partial charge in [0.2, 0.25) is 0 Å². The van der Waals surface area contributed by atoms with Crippen LogP contribution in [-0.2, 0) is 0 Å². The van der Waals surface area contributed by atoms with E-state index >= 15 is 0 Å². The third-order valence-electron chi connectivity index (χ3n) is 3.78. The van der Waals surface area contributed by atoms with Gasteiger partial charge in [-0.25, -0.2) is 0 Å². The average molecular weight is 227 g/mol. The lowest BCUT2D eigenvalue weighted by atomic mass is 10.2. The Kier molecular flexibility index (Phi) is 2.33. The van der Waals surface area contributed by atoms with Crippen LogP contribution in [0.25, 0.3) is 0 Å². The SMILES string of the molecule is C[P+]1(c2ccccc2)C2C=CC=CC1C=C2. The maximum absolute atomic E-state index is 2.48. The summed E-state index contributed by atoms with van der Waals surface area (Å²) in [5, 5.41) is 1.55. The van der Waals surface area contributed by atoms with Gasteiger partial charge in [-0.15, -0.1) is 0 Å². The van der Waals surface area contributed by atoms with Crippen LogP contribution in [0.15, 0.2) is 66.8 Å². The van der Waals surface area contributed by atoms with Crippen LogP contribution >= 0.6 is 7.26 Å². The summed E-state index contributed by atoms with van der Waals surface area (Å²) in [5.74, 6) is 0. The van der Waals surface area contributed by atoms with Gasteiger partial charge < -0.3 is 0 Å². The monoisotopic (exact) mass is 227 g/mol. The van der Waals surface area contributed by atoms with Crippen molar-refractivity contribution < 1.29 is 0 Å². The third-order valence-corrected chi connectivity index (χ3v) is 8.36. The summed E-state index contributed by atoms with van der Waals surface area (Å²) in [6, 6.07) is 11.0. The summed E-state index contributed by atoms with van der Waals surface area (Å²) >= 11 is 0. The van der Waals surface area contributed by atoms with Crippen molar-refractivity contribution in [2.75, 3.05) is 6.66 Å². The minimum Gasteiger partial charge on any atom is -0.0622 e. The van der Waals surface area contributed by atoms with Gasteiger partial charge in [-0.2, -0.15) is 0 Å². The molecule has 0 saturated carbocycles. The van der Waals surface area contributed by atoms with Gasteiger partial charge in [-0.1, -0.05) is 30.4 Å². The van der Waals surface area contributed by atoms with E-state index in [1.54, 1.807) is 5.30 Å². The zero-order chi connectivity index (χ0) is 11.0. The lowest BCUT2D eigenvalue weighted by Crippen LogP contribution is -2.22. The highest BCUT2D eigenvalue weighted by Crippen LogP contribution is 2.67. The third kappa shape index (κ3) is 1.33. The molecule has 0 fully saturated rings. The quantitative estimate of drug-likeness (QED) is 0.509. The summed E-state index contributed by atoms with van der Waals surface area (Å²) in [7, 11) is -1.11. The number of hydrogen-bond acceptors (Lipinski definition) is 0. The maximum atomic E-state index is 2.48. The summed E-state index contributed by atoms with van der Waals surface area (Å²) < 4.78 is 0. The smallest absolute Gasteiger partial charge is 0.0622 e. The molecule has 0 saturated heterocycles. The first-order valence-corrected chi connectivity index (χ1v) is 8.14. The zero-order valence-corrected chi connectivity index (χ0v) is 10.3. The van der Waals surface area contributed by atoms with Crippen molar-refractivity contribution >= 4 is 12.6 Å². The van der Waals surface area contributed by atoms with Gasteiger partial charge in [-0.05, 0) is 36.4 Å². The van der Waals surface area contributed by atoms with Gasteiger partial charge >= 0.3 is 0 Å². The van der Waals surface area contributed by atoms with Crippen molar-refractivity contribution in [3.63, 3.8) is 0 Å². The van der Waals surface area contributed by atoms with Crippen LogP contribution in [0.1, 0.15) is 0 Å². The molecule has 0 spiro atoms. The molecule has 3 rings (SSSR count). The van der Waals surface area contributed by atoms with E-state index in [0.717, 1.165) is 0 Å². The average Bonchev–Trinajstić information content (AvgIpc) is 2.50. The van der Waals surface area contributed by atoms with Crippen LogP contribution in [0.5, 0.6) is 0 Å². The molecule has 80 valence electrons. The molecule has 2 unspecified atom stereocenters. The first kappa shape index (κ1) is 10.1. The van der Waals surface area contributed by atoms with Crippen molar-refractivity contribution in [3.05, 3.63) is 66.8 Å². The van der Waals surface area contributed by atoms with Crippen LogP contribution in [0.2, 0.25) is 0 Å². The van der Waals surface area contributed by atoms with Crippen LogP contribution in [0.3, 0.4) is 0 Å². The van der Waals surface area contributed by atoms with Gasteiger partial charge in [-0.3, -0.25) is 0 Å². The Bertz CT molecular complexity index is 445. The Hall–Kier alpha value is -1.13. The minimum atomic E-state index is -1.11. The van der Waals surface area contributed by atoms with E-state index < -0.39 is 7.26 Å². The van der Waals surface area contributed by atoms with Crippen LogP contribution in [-0.4, -0.2) is 18.0 Å². The second-order valence-electron chi connectivity index (χ2n) is 4.62. The molecule has 1 aromatic rings. The predicted octanol–water partition coefficient (Wildman–Crippen LogP) is 3.39. The van der Waals surface area contributed by atoms with Gasteiger partial charge in [0.25, 0.3) is 0 Å². The molecular weight excluding hydrogens is 211 g/mol. The van der Waals surface area contributed by atoms with Gasteiger partial charge in [0.05, 0.1) is 19.2 Å². The highest BCUT2D eigenvalue weighted by atomic mass is 31.2. The van der Waals surface area contributed by atoms with Crippen molar-refractivity contribution in [1.82, 2.24) is 0 Å². The lowest BCUT2D eigenvalue weighted by molar-refractivity contribution is 1.39. The fourth-order valence-corrected chi connectivity index (χ4v) is 6.45. The molecule has 2 bridgehead atoms. The molecule has 0 aliphatic carbocycles. The minimum absolute atomic E-state index is 0.634. The topological polar surface area (TPSA) is 0 Å². The largest absolute Gasteiger partial charge is 0.111 e. The molecule has 0 aromatic heterocycles. The molecule has 2 aliphatic heterocycles. The predicted molar refractivity (Wildman–Crippen MR) is 73.9 cm³/mol. The molecule has 0 radical (unpaired) electrons. The fraction of sp³-hybridized carbons (Fsp3) is 0.200. The van der Waals surface area contributed by atoms with Crippen molar-refractivity contribution in [1.29, 1.82) is 0 Å². The standard InChI is InChI=1S/C15H16P/c1-16(13-7-3-2-4-8-13)14-9-5-6-10-15(16)12-11-14/h2-12,14-15H,1H3/q+1. The summed E-state index contributed by atoms with van der Waals surface area (Å²) in [6.07, 6.45) is 13.9. The summed E-state index contributed by atoms with van der Waals surface area (Å²) in [6.45, 7) is 2.48. The second kappa shape index (κ2) is 3.71. The molecule has 1 aromatic carbocycles. The molecule has 0 amide bonds. The van der Waals surface area contributed by atoms with Crippen LogP contribution in [0.4, 0.5) is 0 Å². The Labute approximate surface area is 97.7 Å². The molecular formula is C15H16P+. The number of hydrogen-bond donors (Lipinski definition) is 0. The van der Waals surface area contributed by atoms with Crippen molar-refractivity contribution in [3.8, 4) is 0 Å². The van der Waals surface area contributed by atoms with E-state index in [9.17, 15) is 0 Å². The first-order chi connectivity index (χ1) is 7.82. The number of fused-ring (bicyclic) bond motifs is 2. The molecule has 16 heavy (non-hydrogen) atoms.